The molecule has 0 aromatic heterocycles. The molecule has 1 aliphatic rings. The SMILES string of the molecule is O=C(OCC=C=C1CCN(Cc2ccccc2)CC1)c1ccccc1. The van der Waals surface area contributed by atoms with Gasteiger partial charge in [0, 0.05) is 19.6 Å². The van der Waals surface area contributed by atoms with Crippen LogP contribution in [0.1, 0.15) is 28.8 Å². The number of ether oxygens (including phenoxy) is 1. The summed E-state index contributed by atoms with van der Waals surface area (Å²) in [5, 5.41) is 0. The van der Waals surface area contributed by atoms with Gasteiger partial charge in [0.25, 0.3) is 0 Å². The Balaban J connectivity index is 1.43. The maximum Gasteiger partial charge on any atom is 0.338 e. The highest BCUT2D eigenvalue weighted by molar-refractivity contribution is 5.89. The number of carbonyl (C=O) groups excluding carboxylic acids is 1. The topological polar surface area (TPSA) is 29.5 Å². The molecule has 25 heavy (non-hydrogen) atoms. The zero-order valence-corrected chi connectivity index (χ0v) is 14.4. The van der Waals surface area contributed by atoms with Gasteiger partial charge in [-0.3, -0.25) is 4.90 Å². The molecule has 0 bridgehead atoms. The third-order valence-electron chi connectivity index (χ3n) is 4.32. The van der Waals surface area contributed by atoms with E-state index in [0.29, 0.717) is 5.56 Å². The van der Waals surface area contributed by atoms with Crippen LogP contribution in [0.5, 0.6) is 0 Å². The van der Waals surface area contributed by atoms with Gasteiger partial charge in [0.2, 0.25) is 0 Å². The monoisotopic (exact) mass is 333 g/mol. The second-order valence-electron chi connectivity index (χ2n) is 6.18. The van der Waals surface area contributed by atoms with Gasteiger partial charge >= 0.3 is 5.97 Å². The summed E-state index contributed by atoms with van der Waals surface area (Å²) in [4.78, 5) is 14.3. The van der Waals surface area contributed by atoms with E-state index in [0.717, 1.165) is 32.5 Å². The molecule has 1 saturated heterocycles. The van der Waals surface area contributed by atoms with Gasteiger partial charge in [-0.05, 0) is 42.2 Å². The molecular formula is C22H23NO2. The minimum atomic E-state index is -0.290. The number of benzene rings is 2. The summed E-state index contributed by atoms with van der Waals surface area (Å²) in [5.41, 5.74) is 6.55. The highest BCUT2D eigenvalue weighted by atomic mass is 16.5. The molecule has 3 rings (SSSR count). The van der Waals surface area contributed by atoms with Crippen LogP contribution in [0.2, 0.25) is 0 Å². The number of hydrogen-bond acceptors (Lipinski definition) is 3. The molecule has 0 aliphatic carbocycles. The summed E-state index contributed by atoms with van der Waals surface area (Å²) in [7, 11) is 0. The van der Waals surface area contributed by atoms with E-state index < -0.39 is 0 Å². The Morgan fingerprint density at radius 1 is 1.00 bits per heavy atom. The molecule has 2 aromatic carbocycles. The van der Waals surface area contributed by atoms with Gasteiger partial charge < -0.3 is 4.74 Å². The number of rotatable bonds is 5. The first-order chi connectivity index (χ1) is 12.3. The highest BCUT2D eigenvalue weighted by Crippen LogP contribution is 2.17. The van der Waals surface area contributed by atoms with E-state index in [1.807, 2.05) is 24.3 Å². The fourth-order valence-electron chi connectivity index (χ4n) is 2.93. The molecule has 1 aliphatic heterocycles. The van der Waals surface area contributed by atoms with E-state index in [-0.39, 0.29) is 12.6 Å². The largest absolute Gasteiger partial charge is 0.457 e. The van der Waals surface area contributed by atoms with Crippen molar-refractivity contribution in [2.45, 2.75) is 19.4 Å². The standard InChI is InChI=1S/C22H23NO2/c24-22(21-11-5-2-6-12-21)25-17-7-10-19-13-15-23(16-14-19)18-20-8-3-1-4-9-20/h1-9,11-12H,13-18H2. The lowest BCUT2D eigenvalue weighted by atomic mass is 10.0. The molecule has 0 N–H and O–H groups in total. The van der Waals surface area contributed by atoms with Crippen LogP contribution in [0.15, 0.2) is 78.0 Å². The Morgan fingerprint density at radius 2 is 1.64 bits per heavy atom. The van der Waals surface area contributed by atoms with Crippen molar-refractivity contribution in [3.63, 3.8) is 0 Å². The average molecular weight is 333 g/mol. The third kappa shape index (κ3) is 5.46. The summed E-state index contributed by atoms with van der Waals surface area (Å²) < 4.78 is 5.24. The molecule has 1 fully saturated rings. The van der Waals surface area contributed by atoms with Crippen LogP contribution in [0.25, 0.3) is 0 Å². The average Bonchev–Trinajstić information content (AvgIpc) is 2.68. The molecule has 0 radical (unpaired) electrons. The van der Waals surface area contributed by atoms with Crippen molar-refractivity contribution in [1.29, 1.82) is 0 Å². The number of esters is 1. The zero-order valence-electron chi connectivity index (χ0n) is 14.4. The molecule has 0 amide bonds. The number of likely N-dealkylation sites (tertiary alicyclic amines) is 1. The second kappa shape index (κ2) is 9.03. The van der Waals surface area contributed by atoms with Crippen LogP contribution in [-0.2, 0) is 11.3 Å². The molecule has 2 aromatic rings. The molecule has 1 heterocycles. The molecular weight excluding hydrogens is 310 g/mol. The Hall–Kier alpha value is -2.61. The van der Waals surface area contributed by atoms with Crippen LogP contribution in [-0.4, -0.2) is 30.6 Å². The number of hydrogen-bond donors (Lipinski definition) is 0. The van der Waals surface area contributed by atoms with E-state index in [1.54, 1.807) is 12.1 Å². The summed E-state index contributed by atoms with van der Waals surface area (Å²) in [6.07, 6.45) is 3.87. The van der Waals surface area contributed by atoms with Gasteiger partial charge in [0.05, 0.1) is 5.56 Å². The van der Waals surface area contributed by atoms with Crippen molar-refractivity contribution in [3.8, 4) is 0 Å². The van der Waals surface area contributed by atoms with Gasteiger partial charge in [-0.1, -0.05) is 48.5 Å². The van der Waals surface area contributed by atoms with Crippen molar-refractivity contribution in [2.75, 3.05) is 19.7 Å². The minimum Gasteiger partial charge on any atom is -0.457 e. The quantitative estimate of drug-likeness (QED) is 0.606. The Morgan fingerprint density at radius 3 is 2.32 bits per heavy atom. The van der Waals surface area contributed by atoms with Crippen molar-refractivity contribution in [1.82, 2.24) is 4.90 Å². The normalized spacial score (nSPS) is 14.6. The van der Waals surface area contributed by atoms with Gasteiger partial charge in [-0.15, -0.1) is 5.73 Å². The predicted molar refractivity (Wildman–Crippen MR) is 99.3 cm³/mol. The van der Waals surface area contributed by atoms with Crippen LogP contribution in [0.4, 0.5) is 0 Å². The molecule has 128 valence electrons. The Labute approximate surface area is 149 Å². The summed E-state index contributed by atoms with van der Waals surface area (Å²) in [6, 6.07) is 19.6. The lowest BCUT2D eigenvalue weighted by Crippen LogP contribution is -2.30. The molecule has 0 saturated carbocycles. The molecule has 0 atom stereocenters. The maximum atomic E-state index is 11.8. The fourth-order valence-corrected chi connectivity index (χ4v) is 2.93. The minimum absolute atomic E-state index is 0.269. The van der Waals surface area contributed by atoms with E-state index in [2.05, 4.69) is 41.0 Å². The highest BCUT2D eigenvalue weighted by Gasteiger charge is 2.13. The third-order valence-corrected chi connectivity index (χ3v) is 4.32. The predicted octanol–water partition coefficient (Wildman–Crippen LogP) is 4.22. The van der Waals surface area contributed by atoms with Crippen LogP contribution >= 0.6 is 0 Å². The van der Waals surface area contributed by atoms with Crippen molar-refractivity contribution in [3.05, 3.63) is 89.2 Å². The smallest absolute Gasteiger partial charge is 0.338 e. The van der Waals surface area contributed by atoms with Crippen LogP contribution < -0.4 is 0 Å². The van der Waals surface area contributed by atoms with E-state index >= 15 is 0 Å². The van der Waals surface area contributed by atoms with E-state index in [4.69, 9.17) is 4.74 Å². The zero-order chi connectivity index (χ0) is 17.3. The summed E-state index contributed by atoms with van der Waals surface area (Å²) in [5.74, 6) is -0.290. The lowest BCUT2D eigenvalue weighted by Gasteiger charge is -2.27. The molecule has 3 heteroatoms. The van der Waals surface area contributed by atoms with Gasteiger partial charge in [-0.25, -0.2) is 4.79 Å². The Bertz CT molecular complexity index is 736. The van der Waals surface area contributed by atoms with Gasteiger partial charge in [-0.2, -0.15) is 0 Å². The van der Waals surface area contributed by atoms with Crippen molar-refractivity contribution in [2.24, 2.45) is 0 Å². The summed E-state index contributed by atoms with van der Waals surface area (Å²) in [6.45, 7) is 3.38. The first-order valence-electron chi connectivity index (χ1n) is 8.72. The number of carbonyl (C=O) groups is 1. The number of piperidine rings is 1. The first kappa shape index (κ1) is 17.2. The van der Waals surface area contributed by atoms with Crippen LogP contribution in [0.3, 0.4) is 0 Å². The molecule has 3 nitrogen and oxygen atoms in total. The lowest BCUT2D eigenvalue weighted by molar-refractivity contribution is 0.0549. The fraction of sp³-hybridized carbons (Fsp3) is 0.273. The second-order valence-corrected chi connectivity index (χ2v) is 6.18. The molecule has 0 spiro atoms. The van der Waals surface area contributed by atoms with E-state index in [1.165, 1.54) is 11.1 Å². The first-order valence-corrected chi connectivity index (χ1v) is 8.72. The van der Waals surface area contributed by atoms with Crippen LogP contribution in [0, 0.1) is 0 Å². The van der Waals surface area contributed by atoms with Gasteiger partial charge in [0.1, 0.15) is 6.61 Å². The molecule has 0 unspecified atom stereocenters. The summed E-state index contributed by atoms with van der Waals surface area (Å²) >= 11 is 0. The van der Waals surface area contributed by atoms with E-state index in [9.17, 15) is 4.79 Å². The van der Waals surface area contributed by atoms with Gasteiger partial charge in [0.15, 0.2) is 0 Å². The van der Waals surface area contributed by atoms with Crippen molar-refractivity contribution < 1.29 is 9.53 Å². The van der Waals surface area contributed by atoms with Crippen molar-refractivity contribution >= 4 is 5.97 Å². The maximum absolute atomic E-state index is 11.8. The number of nitrogens with zero attached hydrogens (tertiary/aromatic N) is 1. The Kier molecular flexibility index (Phi) is 6.22.